The highest BCUT2D eigenvalue weighted by Gasteiger charge is 2.24. The molecule has 96 valence electrons. The van der Waals surface area contributed by atoms with Gasteiger partial charge < -0.3 is 5.32 Å². The van der Waals surface area contributed by atoms with Crippen molar-refractivity contribution in [2.75, 3.05) is 18.4 Å². The van der Waals surface area contributed by atoms with E-state index in [1.165, 1.54) is 0 Å². The molecular formula is C15H21N3. The van der Waals surface area contributed by atoms with Crippen molar-refractivity contribution in [2.45, 2.75) is 39.3 Å². The van der Waals surface area contributed by atoms with E-state index in [4.69, 9.17) is 0 Å². The second kappa shape index (κ2) is 5.41. The molecule has 2 rings (SSSR count). The van der Waals surface area contributed by atoms with Gasteiger partial charge >= 0.3 is 0 Å². The third kappa shape index (κ3) is 2.65. The number of nitriles is 1. The monoisotopic (exact) mass is 243 g/mol. The largest absolute Gasteiger partial charge is 0.380 e. The van der Waals surface area contributed by atoms with E-state index < -0.39 is 0 Å². The molecule has 1 aromatic rings. The fraction of sp³-hybridized carbons (Fsp3) is 0.533. The molecule has 1 atom stereocenters. The van der Waals surface area contributed by atoms with E-state index in [1.807, 2.05) is 25.1 Å². The molecule has 0 aliphatic carbocycles. The Morgan fingerprint density at radius 2 is 2.22 bits per heavy atom. The first-order chi connectivity index (χ1) is 8.61. The van der Waals surface area contributed by atoms with Gasteiger partial charge in [0.05, 0.1) is 11.3 Å². The number of hydrogen-bond donors (Lipinski definition) is 1. The molecule has 3 heteroatoms. The highest BCUT2D eigenvalue weighted by atomic mass is 15.2. The maximum Gasteiger partial charge on any atom is 0.102 e. The van der Waals surface area contributed by atoms with E-state index in [1.54, 1.807) is 0 Å². The first-order valence-corrected chi connectivity index (χ1v) is 6.62. The number of hydrogen-bond acceptors (Lipinski definition) is 3. The van der Waals surface area contributed by atoms with Crippen LogP contribution in [0.2, 0.25) is 0 Å². The van der Waals surface area contributed by atoms with Crippen LogP contribution in [0.15, 0.2) is 18.2 Å². The number of aryl methyl sites for hydroxylation is 1. The molecule has 0 spiro atoms. The second-order valence-corrected chi connectivity index (χ2v) is 5.33. The fourth-order valence-electron chi connectivity index (χ4n) is 2.53. The van der Waals surface area contributed by atoms with E-state index in [0.29, 0.717) is 12.1 Å². The van der Waals surface area contributed by atoms with Crippen LogP contribution < -0.4 is 5.32 Å². The van der Waals surface area contributed by atoms with E-state index >= 15 is 0 Å². The number of nitrogens with one attached hydrogen (secondary N) is 1. The van der Waals surface area contributed by atoms with Gasteiger partial charge in [0, 0.05) is 25.2 Å². The summed E-state index contributed by atoms with van der Waals surface area (Å²) >= 11 is 0. The third-order valence-electron chi connectivity index (χ3n) is 3.69. The molecule has 0 aromatic heterocycles. The molecule has 1 aliphatic rings. The molecule has 1 fully saturated rings. The summed E-state index contributed by atoms with van der Waals surface area (Å²) in [6, 6.07) is 9.35. The maximum atomic E-state index is 9.21. The smallest absolute Gasteiger partial charge is 0.102 e. The number of rotatable bonds is 3. The molecule has 1 unspecified atom stereocenters. The first-order valence-electron chi connectivity index (χ1n) is 6.62. The molecule has 0 amide bonds. The van der Waals surface area contributed by atoms with Crippen molar-refractivity contribution in [1.29, 1.82) is 5.26 Å². The lowest BCUT2D eigenvalue weighted by molar-refractivity contribution is 0.274. The average molecular weight is 243 g/mol. The highest BCUT2D eigenvalue weighted by molar-refractivity contribution is 5.61. The summed E-state index contributed by atoms with van der Waals surface area (Å²) < 4.78 is 0. The Balaban J connectivity index is 2.08. The molecule has 1 aliphatic heterocycles. The summed E-state index contributed by atoms with van der Waals surface area (Å²) in [5.41, 5.74) is 2.80. The minimum atomic E-state index is 0.460. The van der Waals surface area contributed by atoms with Crippen LogP contribution in [-0.2, 0) is 0 Å². The van der Waals surface area contributed by atoms with Gasteiger partial charge in [0.25, 0.3) is 0 Å². The number of benzene rings is 1. The molecular weight excluding hydrogens is 222 g/mol. The number of likely N-dealkylation sites (tertiary alicyclic amines) is 1. The lowest BCUT2D eigenvalue weighted by Crippen LogP contribution is -2.31. The van der Waals surface area contributed by atoms with Crippen LogP contribution in [0, 0.1) is 18.3 Å². The Morgan fingerprint density at radius 1 is 1.44 bits per heavy atom. The SMILES string of the molecule is Cc1cccc(NC2CCN(C(C)C)C2)c1C#N. The van der Waals surface area contributed by atoms with Crippen LogP contribution in [0.3, 0.4) is 0 Å². The van der Waals surface area contributed by atoms with Crippen molar-refractivity contribution < 1.29 is 0 Å². The molecule has 1 N–H and O–H groups in total. The maximum absolute atomic E-state index is 9.21. The van der Waals surface area contributed by atoms with Crippen molar-refractivity contribution in [3.63, 3.8) is 0 Å². The molecule has 1 aromatic carbocycles. The number of anilines is 1. The topological polar surface area (TPSA) is 39.1 Å². The molecule has 1 saturated heterocycles. The molecule has 18 heavy (non-hydrogen) atoms. The molecule has 0 radical (unpaired) electrons. The predicted octanol–water partition coefficient (Wildman–Crippen LogP) is 2.76. The van der Waals surface area contributed by atoms with Gasteiger partial charge in [-0.1, -0.05) is 12.1 Å². The zero-order valence-electron chi connectivity index (χ0n) is 11.4. The molecule has 3 nitrogen and oxygen atoms in total. The van der Waals surface area contributed by atoms with Crippen LogP contribution >= 0.6 is 0 Å². The van der Waals surface area contributed by atoms with Gasteiger partial charge in [0.1, 0.15) is 6.07 Å². The quantitative estimate of drug-likeness (QED) is 0.887. The van der Waals surface area contributed by atoms with Crippen LogP contribution in [-0.4, -0.2) is 30.1 Å². The zero-order valence-corrected chi connectivity index (χ0v) is 11.4. The number of nitrogens with zero attached hydrogens (tertiary/aromatic N) is 2. The van der Waals surface area contributed by atoms with Crippen molar-refractivity contribution >= 4 is 5.69 Å². The van der Waals surface area contributed by atoms with Gasteiger partial charge in [0.2, 0.25) is 0 Å². The predicted molar refractivity (Wildman–Crippen MR) is 74.6 cm³/mol. The van der Waals surface area contributed by atoms with Gasteiger partial charge in [-0.05, 0) is 38.8 Å². The molecule has 0 bridgehead atoms. The normalized spacial score (nSPS) is 20.1. The van der Waals surface area contributed by atoms with Crippen LogP contribution in [0.5, 0.6) is 0 Å². The van der Waals surface area contributed by atoms with Crippen molar-refractivity contribution in [2.24, 2.45) is 0 Å². The van der Waals surface area contributed by atoms with Crippen LogP contribution in [0.25, 0.3) is 0 Å². The van der Waals surface area contributed by atoms with Gasteiger partial charge in [-0.3, -0.25) is 4.90 Å². The summed E-state index contributed by atoms with van der Waals surface area (Å²) in [4.78, 5) is 2.47. The van der Waals surface area contributed by atoms with Crippen molar-refractivity contribution in [3.8, 4) is 6.07 Å². The van der Waals surface area contributed by atoms with E-state index in [2.05, 4.69) is 30.1 Å². The van der Waals surface area contributed by atoms with Crippen LogP contribution in [0.1, 0.15) is 31.4 Å². The standard InChI is InChI=1S/C15H21N3/c1-11(2)18-8-7-13(10-18)17-15-6-4-5-12(3)14(15)9-16/h4-6,11,13,17H,7-8,10H2,1-3H3. The zero-order chi connectivity index (χ0) is 13.1. The first kappa shape index (κ1) is 12.9. The van der Waals surface area contributed by atoms with Gasteiger partial charge in [-0.15, -0.1) is 0 Å². The fourth-order valence-corrected chi connectivity index (χ4v) is 2.53. The summed E-state index contributed by atoms with van der Waals surface area (Å²) in [7, 11) is 0. The second-order valence-electron chi connectivity index (χ2n) is 5.33. The summed E-state index contributed by atoms with van der Waals surface area (Å²) in [6.07, 6.45) is 1.15. The summed E-state index contributed by atoms with van der Waals surface area (Å²) in [5.74, 6) is 0. The van der Waals surface area contributed by atoms with Crippen LogP contribution in [0.4, 0.5) is 5.69 Å². The lowest BCUT2D eigenvalue weighted by Gasteiger charge is -2.21. The third-order valence-corrected chi connectivity index (χ3v) is 3.69. The minimum absolute atomic E-state index is 0.460. The van der Waals surface area contributed by atoms with E-state index in [9.17, 15) is 5.26 Å². The Labute approximate surface area is 109 Å². The molecule has 0 saturated carbocycles. The Morgan fingerprint density at radius 3 is 2.83 bits per heavy atom. The highest BCUT2D eigenvalue weighted by Crippen LogP contribution is 2.22. The summed E-state index contributed by atoms with van der Waals surface area (Å²) in [5, 5.41) is 12.7. The Hall–Kier alpha value is -1.53. The van der Waals surface area contributed by atoms with E-state index in [0.717, 1.165) is 36.3 Å². The van der Waals surface area contributed by atoms with Gasteiger partial charge in [-0.2, -0.15) is 5.26 Å². The average Bonchev–Trinajstić information content (AvgIpc) is 2.78. The van der Waals surface area contributed by atoms with Gasteiger partial charge in [0.15, 0.2) is 0 Å². The Bertz CT molecular complexity index is 459. The molecule has 1 heterocycles. The summed E-state index contributed by atoms with van der Waals surface area (Å²) in [6.45, 7) is 8.66. The van der Waals surface area contributed by atoms with Crippen molar-refractivity contribution in [3.05, 3.63) is 29.3 Å². The Kier molecular flexibility index (Phi) is 3.88. The minimum Gasteiger partial charge on any atom is -0.380 e. The van der Waals surface area contributed by atoms with Gasteiger partial charge in [-0.25, -0.2) is 0 Å². The lowest BCUT2D eigenvalue weighted by atomic mass is 10.1. The van der Waals surface area contributed by atoms with Crippen molar-refractivity contribution in [1.82, 2.24) is 4.90 Å². The van der Waals surface area contributed by atoms with E-state index in [-0.39, 0.29) is 0 Å².